The van der Waals surface area contributed by atoms with E-state index in [0.29, 0.717) is 48.8 Å². The van der Waals surface area contributed by atoms with E-state index < -0.39 is 7.94 Å². The molecule has 3 N–H and O–H groups in total. The number of ether oxygens (including phenoxy) is 2. The zero-order valence-electron chi connectivity index (χ0n) is 17.8. The Kier molecular flexibility index (Phi) is 5.83. The topological polar surface area (TPSA) is 126 Å². The fraction of sp³-hybridized carbons (Fsp3) is 0.476. The van der Waals surface area contributed by atoms with E-state index in [4.69, 9.17) is 14.5 Å². The lowest BCUT2D eigenvalue weighted by Gasteiger charge is -2.34. The summed E-state index contributed by atoms with van der Waals surface area (Å²) in [5.41, 5.74) is 1.75. The van der Waals surface area contributed by atoms with Crippen molar-refractivity contribution in [3.8, 4) is 11.4 Å². The largest absolute Gasteiger partial charge is 0.441 e. The molecule has 0 aliphatic carbocycles. The molecule has 11 heteroatoms. The third kappa shape index (κ3) is 3.98. The highest BCUT2D eigenvalue weighted by Gasteiger charge is 2.39. The molecule has 1 unspecified atom stereocenters. The lowest BCUT2D eigenvalue weighted by atomic mass is 10.1. The predicted octanol–water partition coefficient (Wildman–Crippen LogP) is 1.78. The fourth-order valence-electron chi connectivity index (χ4n) is 4.42. The predicted molar refractivity (Wildman–Crippen MR) is 120 cm³/mol. The number of morpholine rings is 1. The molecule has 2 aliphatic rings. The van der Waals surface area contributed by atoms with Crippen LogP contribution in [0.1, 0.15) is 32.4 Å². The first kappa shape index (κ1) is 21.6. The summed E-state index contributed by atoms with van der Waals surface area (Å²) in [6.07, 6.45) is 6.03. The van der Waals surface area contributed by atoms with Gasteiger partial charge in [-0.25, -0.2) is 9.67 Å². The van der Waals surface area contributed by atoms with Crippen molar-refractivity contribution in [2.45, 2.75) is 38.5 Å². The molecule has 0 saturated carbocycles. The molecule has 5 rings (SSSR count). The van der Waals surface area contributed by atoms with Gasteiger partial charge in [0.25, 0.3) is 0 Å². The zero-order valence-corrected chi connectivity index (χ0v) is 18.7. The molecule has 2 fully saturated rings. The van der Waals surface area contributed by atoms with E-state index in [1.807, 2.05) is 22.6 Å². The second kappa shape index (κ2) is 8.62. The lowest BCUT2D eigenvalue weighted by Crippen LogP contribution is -2.44. The second-order valence-corrected chi connectivity index (χ2v) is 9.84. The maximum atomic E-state index is 10.2. The minimum atomic E-state index is -4.32. The van der Waals surface area contributed by atoms with Gasteiger partial charge in [0.15, 0.2) is 11.5 Å². The molecular formula is C21H27N5O5P+. The number of hydrogen-bond acceptors (Lipinski definition) is 9. The van der Waals surface area contributed by atoms with Crippen LogP contribution in [-0.4, -0.2) is 66.8 Å². The van der Waals surface area contributed by atoms with E-state index in [9.17, 15) is 14.7 Å². The van der Waals surface area contributed by atoms with Crippen molar-refractivity contribution < 1.29 is 24.2 Å². The molecule has 0 bridgehead atoms. The Hall–Kier alpha value is -2.20. The third-order valence-corrected chi connectivity index (χ3v) is 7.04. The van der Waals surface area contributed by atoms with Gasteiger partial charge in [-0.05, 0) is 38.3 Å². The number of rotatable bonds is 4. The quantitative estimate of drug-likeness (QED) is 0.500. The van der Waals surface area contributed by atoms with E-state index >= 15 is 0 Å². The van der Waals surface area contributed by atoms with Crippen molar-refractivity contribution >= 4 is 30.0 Å². The summed E-state index contributed by atoms with van der Waals surface area (Å²) in [6, 6.07) is 5.10. The smallest absolute Gasteiger partial charge is 0.377 e. The van der Waals surface area contributed by atoms with Crippen LogP contribution in [0.15, 0.2) is 30.6 Å². The summed E-state index contributed by atoms with van der Waals surface area (Å²) in [7, 11) is -4.32. The van der Waals surface area contributed by atoms with Gasteiger partial charge < -0.3 is 14.4 Å². The fourth-order valence-corrected chi connectivity index (χ4v) is 5.21. The van der Waals surface area contributed by atoms with Crippen LogP contribution >= 0.6 is 7.94 Å². The summed E-state index contributed by atoms with van der Waals surface area (Å²) in [5.74, 6) is 0.541. The Morgan fingerprint density at radius 3 is 2.75 bits per heavy atom. The van der Waals surface area contributed by atoms with E-state index in [-0.39, 0.29) is 17.6 Å². The molecule has 5 heterocycles. The molecule has 170 valence electrons. The molecule has 2 aliphatic heterocycles. The van der Waals surface area contributed by atoms with Gasteiger partial charge in [0.05, 0.1) is 30.3 Å². The number of aromatic nitrogens is 4. The molecular weight excluding hydrogens is 433 g/mol. The molecule has 2 saturated heterocycles. The van der Waals surface area contributed by atoms with Crippen LogP contribution in [0, 0.1) is 0 Å². The first-order chi connectivity index (χ1) is 15.4. The number of anilines is 1. The first-order valence-electron chi connectivity index (χ1n) is 10.8. The van der Waals surface area contributed by atoms with Crippen molar-refractivity contribution in [2.75, 3.05) is 31.3 Å². The normalized spacial score (nSPS) is 22.4. The van der Waals surface area contributed by atoms with E-state index in [1.54, 1.807) is 24.5 Å². The van der Waals surface area contributed by atoms with Gasteiger partial charge in [-0.1, -0.05) is 0 Å². The molecule has 0 spiro atoms. The second-order valence-electron chi connectivity index (χ2n) is 8.22. The monoisotopic (exact) mass is 460 g/mol. The SMILES string of the molecule is C[C@@H]1COCCN1c1cc([P+](O)(O)O)c2ccnc(-c3ccnn3C3CCCCO3)c2n1. The summed E-state index contributed by atoms with van der Waals surface area (Å²) in [4.78, 5) is 42.2. The summed E-state index contributed by atoms with van der Waals surface area (Å²) in [5, 5.41) is 4.97. The number of hydrogen-bond donors (Lipinski definition) is 3. The summed E-state index contributed by atoms with van der Waals surface area (Å²) >= 11 is 0. The van der Waals surface area contributed by atoms with Gasteiger partial charge in [0, 0.05) is 31.6 Å². The van der Waals surface area contributed by atoms with Crippen LogP contribution in [0.25, 0.3) is 22.3 Å². The van der Waals surface area contributed by atoms with Crippen LogP contribution in [0.4, 0.5) is 5.82 Å². The first-order valence-corrected chi connectivity index (χ1v) is 12.5. The Morgan fingerprint density at radius 1 is 1.12 bits per heavy atom. The minimum Gasteiger partial charge on any atom is -0.377 e. The maximum Gasteiger partial charge on any atom is 0.441 e. The minimum absolute atomic E-state index is 0.0478. The number of fused-ring (bicyclic) bond motifs is 1. The van der Waals surface area contributed by atoms with E-state index in [2.05, 4.69) is 10.1 Å². The van der Waals surface area contributed by atoms with Crippen LogP contribution in [-0.2, 0) is 9.47 Å². The summed E-state index contributed by atoms with van der Waals surface area (Å²) in [6.45, 7) is 4.39. The van der Waals surface area contributed by atoms with E-state index in [0.717, 1.165) is 25.0 Å². The van der Waals surface area contributed by atoms with Crippen LogP contribution < -0.4 is 10.2 Å². The lowest BCUT2D eigenvalue weighted by molar-refractivity contribution is -0.0383. The van der Waals surface area contributed by atoms with Crippen LogP contribution in [0.3, 0.4) is 0 Å². The van der Waals surface area contributed by atoms with Crippen molar-refractivity contribution in [2.24, 2.45) is 0 Å². The van der Waals surface area contributed by atoms with Gasteiger partial charge in [-0.15, -0.1) is 0 Å². The molecule has 32 heavy (non-hydrogen) atoms. The van der Waals surface area contributed by atoms with Gasteiger partial charge in [-0.3, -0.25) is 4.98 Å². The standard InChI is InChI=1S/C21H27N5O5P/c1-14-13-30-11-9-25(14)18-12-17(32(27,28)29)15-5-7-22-21(20(15)24-18)16-6-8-23-26(16)19-4-2-3-10-31-19/h5-8,12,14,19,27-29H,2-4,9-11,13H2,1H3/q+1/t14-,19?/m1/s1. The number of pyridine rings is 2. The molecule has 10 nitrogen and oxygen atoms in total. The Bertz CT molecular complexity index is 1110. The van der Waals surface area contributed by atoms with Crippen molar-refractivity contribution in [3.05, 3.63) is 30.6 Å². The van der Waals surface area contributed by atoms with Crippen LogP contribution in [0.5, 0.6) is 0 Å². The Balaban J connectivity index is 1.70. The molecule has 0 aromatic carbocycles. The molecule has 3 aromatic rings. The van der Waals surface area contributed by atoms with Crippen molar-refractivity contribution in [3.63, 3.8) is 0 Å². The third-order valence-electron chi connectivity index (χ3n) is 6.02. The zero-order chi connectivity index (χ0) is 22.3. The highest BCUT2D eigenvalue weighted by atomic mass is 31.2. The van der Waals surface area contributed by atoms with Crippen molar-refractivity contribution in [1.29, 1.82) is 0 Å². The molecule has 3 aromatic heterocycles. The Morgan fingerprint density at radius 2 is 2.00 bits per heavy atom. The van der Waals surface area contributed by atoms with Gasteiger partial charge in [0.2, 0.25) is 0 Å². The van der Waals surface area contributed by atoms with Gasteiger partial charge >= 0.3 is 7.94 Å². The highest BCUT2D eigenvalue weighted by molar-refractivity contribution is 7.67. The van der Waals surface area contributed by atoms with Gasteiger partial charge in [0.1, 0.15) is 17.0 Å². The van der Waals surface area contributed by atoms with Crippen LogP contribution in [0.2, 0.25) is 0 Å². The molecule has 0 radical (unpaired) electrons. The number of nitrogens with zero attached hydrogens (tertiary/aromatic N) is 5. The highest BCUT2D eigenvalue weighted by Crippen LogP contribution is 2.46. The molecule has 0 amide bonds. The average Bonchev–Trinajstić information content (AvgIpc) is 3.28. The van der Waals surface area contributed by atoms with E-state index in [1.165, 1.54) is 0 Å². The Labute approximate surface area is 186 Å². The van der Waals surface area contributed by atoms with Crippen molar-refractivity contribution in [1.82, 2.24) is 19.7 Å². The maximum absolute atomic E-state index is 10.2. The molecule has 2 atom stereocenters. The summed E-state index contributed by atoms with van der Waals surface area (Å²) < 4.78 is 13.3. The van der Waals surface area contributed by atoms with Gasteiger partial charge in [-0.2, -0.15) is 19.8 Å². The average molecular weight is 460 g/mol.